The lowest BCUT2D eigenvalue weighted by Crippen LogP contribution is -2.12. The Morgan fingerprint density at radius 3 is 2.47 bits per heavy atom. The van der Waals surface area contributed by atoms with Crippen LogP contribution in [0.1, 0.15) is 17.2 Å². The highest BCUT2D eigenvalue weighted by Gasteiger charge is 2.12. The lowest BCUT2D eigenvalue weighted by Gasteiger charge is -2.15. The number of nitrogens with two attached hydrogens (primary N) is 1. The maximum Gasteiger partial charge on any atom is 0.137 e. The Bertz CT molecular complexity index is 584. The molecule has 100 valence electrons. The zero-order valence-corrected chi connectivity index (χ0v) is 13.3. The normalized spacial score (nSPS) is 12.3. The highest BCUT2D eigenvalue weighted by atomic mass is 79.9. The van der Waals surface area contributed by atoms with Crippen molar-refractivity contribution < 1.29 is 4.74 Å². The Hall–Kier alpha value is -0.740. The van der Waals surface area contributed by atoms with Crippen LogP contribution in [-0.2, 0) is 0 Å². The molecule has 2 aromatic carbocycles. The molecule has 0 aliphatic carbocycles. The van der Waals surface area contributed by atoms with Gasteiger partial charge in [0, 0.05) is 9.50 Å². The number of halogens is 3. The average molecular weight is 361 g/mol. The molecule has 2 N–H and O–H groups in total. The Kier molecular flexibility index (Phi) is 4.74. The van der Waals surface area contributed by atoms with Crippen molar-refractivity contribution in [2.45, 2.75) is 6.04 Å². The molecular weight excluding hydrogens is 349 g/mol. The molecule has 0 amide bonds. The first-order valence-electron chi connectivity index (χ1n) is 5.56. The predicted octanol–water partition coefficient (Wildman–Crippen LogP) is 4.81. The summed E-state index contributed by atoms with van der Waals surface area (Å²) in [4.78, 5) is 0. The van der Waals surface area contributed by atoms with E-state index in [1.54, 1.807) is 13.2 Å². The summed E-state index contributed by atoms with van der Waals surface area (Å²) >= 11 is 15.4. The van der Waals surface area contributed by atoms with Crippen LogP contribution in [0.2, 0.25) is 10.0 Å². The smallest absolute Gasteiger partial charge is 0.137 e. The molecular formula is C14H12BrCl2NO. The van der Waals surface area contributed by atoms with Crippen molar-refractivity contribution in [2.75, 3.05) is 7.11 Å². The van der Waals surface area contributed by atoms with E-state index < -0.39 is 0 Å². The van der Waals surface area contributed by atoms with E-state index in [9.17, 15) is 0 Å². The monoisotopic (exact) mass is 359 g/mol. The summed E-state index contributed by atoms with van der Waals surface area (Å²) in [5, 5.41) is 1.20. The molecule has 2 rings (SSSR count). The molecule has 0 bridgehead atoms. The maximum absolute atomic E-state index is 6.25. The van der Waals surface area contributed by atoms with E-state index in [0.29, 0.717) is 15.8 Å². The maximum atomic E-state index is 6.25. The summed E-state index contributed by atoms with van der Waals surface area (Å²) < 4.78 is 6.09. The third kappa shape index (κ3) is 3.42. The molecule has 5 heteroatoms. The molecule has 19 heavy (non-hydrogen) atoms. The van der Waals surface area contributed by atoms with Gasteiger partial charge in [0.25, 0.3) is 0 Å². The average Bonchev–Trinajstić information content (AvgIpc) is 2.37. The van der Waals surface area contributed by atoms with Crippen LogP contribution < -0.4 is 10.5 Å². The van der Waals surface area contributed by atoms with Gasteiger partial charge < -0.3 is 10.5 Å². The van der Waals surface area contributed by atoms with Crippen molar-refractivity contribution in [3.63, 3.8) is 0 Å². The summed E-state index contributed by atoms with van der Waals surface area (Å²) in [7, 11) is 1.58. The van der Waals surface area contributed by atoms with Crippen molar-refractivity contribution in [3.8, 4) is 5.75 Å². The fraction of sp³-hybridized carbons (Fsp3) is 0.143. The van der Waals surface area contributed by atoms with Gasteiger partial charge in [-0.1, -0.05) is 45.2 Å². The van der Waals surface area contributed by atoms with Gasteiger partial charge >= 0.3 is 0 Å². The summed E-state index contributed by atoms with van der Waals surface area (Å²) in [5.74, 6) is 0.607. The molecule has 0 heterocycles. The zero-order chi connectivity index (χ0) is 14.0. The minimum atomic E-state index is -0.291. The summed E-state index contributed by atoms with van der Waals surface area (Å²) in [6.45, 7) is 0. The Labute approximate surface area is 130 Å². The van der Waals surface area contributed by atoms with Gasteiger partial charge in [0.05, 0.1) is 18.2 Å². The first-order valence-corrected chi connectivity index (χ1v) is 7.11. The molecule has 0 radical (unpaired) electrons. The van der Waals surface area contributed by atoms with E-state index in [1.165, 1.54) is 0 Å². The van der Waals surface area contributed by atoms with Crippen molar-refractivity contribution in [1.29, 1.82) is 0 Å². The van der Waals surface area contributed by atoms with E-state index in [2.05, 4.69) is 15.9 Å². The quantitative estimate of drug-likeness (QED) is 0.852. The summed E-state index contributed by atoms with van der Waals surface area (Å²) in [6.07, 6.45) is 0. The third-order valence-electron chi connectivity index (χ3n) is 2.78. The molecule has 0 aromatic heterocycles. The van der Waals surface area contributed by atoms with E-state index in [1.807, 2.05) is 30.3 Å². The highest BCUT2D eigenvalue weighted by Crippen LogP contribution is 2.31. The fourth-order valence-corrected chi connectivity index (χ4v) is 2.90. The Morgan fingerprint density at radius 1 is 1.11 bits per heavy atom. The van der Waals surface area contributed by atoms with Gasteiger partial charge in [0.2, 0.25) is 0 Å². The lowest BCUT2D eigenvalue weighted by atomic mass is 9.99. The van der Waals surface area contributed by atoms with Gasteiger partial charge in [-0.25, -0.2) is 0 Å². The minimum Gasteiger partial charge on any atom is -0.495 e. The standard InChI is InChI=1S/C14H12BrCl2NO/c1-19-13-6-8(2-3-12(13)17)14(18)9-4-10(15)7-11(16)5-9/h2-7,14H,18H2,1H3. The van der Waals surface area contributed by atoms with Crippen molar-refractivity contribution >= 4 is 39.1 Å². The third-order valence-corrected chi connectivity index (χ3v) is 3.77. The number of hydrogen-bond acceptors (Lipinski definition) is 2. The molecule has 0 aliphatic heterocycles. The first-order chi connectivity index (χ1) is 9.01. The van der Waals surface area contributed by atoms with E-state index in [0.717, 1.165) is 15.6 Å². The highest BCUT2D eigenvalue weighted by molar-refractivity contribution is 9.10. The first kappa shape index (κ1) is 14.7. The Balaban J connectivity index is 2.40. The van der Waals surface area contributed by atoms with Crippen molar-refractivity contribution in [3.05, 3.63) is 62.0 Å². The summed E-state index contributed by atoms with van der Waals surface area (Å²) in [5.41, 5.74) is 8.08. The van der Waals surface area contributed by atoms with Crippen LogP contribution in [0.4, 0.5) is 0 Å². The van der Waals surface area contributed by atoms with Gasteiger partial charge in [-0.05, 0) is 41.5 Å². The molecule has 0 saturated carbocycles. The topological polar surface area (TPSA) is 35.2 Å². The van der Waals surface area contributed by atoms with Gasteiger partial charge in [-0.3, -0.25) is 0 Å². The second-order valence-electron chi connectivity index (χ2n) is 4.07. The van der Waals surface area contributed by atoms with Gasteiger partial charge in [-0.15, -0.1) is 0 Å². The SMILES string of the molecule is COc1cc(C(N)c2cc(Cl)cc(Br)c2)ccc1Cl. The van der Waals surface area contributed by atoms with Crippen molar-refractivity contribution in [1.82, 2.24) is 0 Å². The predicted molar refractivity (Wildman–Crippen MR) is 83.2 cm³/mol. The van der Waals surface area contributed by atoms with Crippen LogP contribution in [0, 0.1) is 0 Å². The number of methoxy groups -OCH3 is 1. The number of benzene rings is 2. The zero-order valence-electron chi connectivity index (χ0n) is 10.2. The molecule has 0 spiro atoms. The van der Waals surface area contributed by atoms with Crippen LogP contribution >= 0.6 is 39.1 Å². The second-order valence-corrected chi connectivity index (χ2v) is 5.83. The molecule has 2 aromatic rings. The number of ether oxygens (including phenoxy) is 1. The molecule has 1 unspecified atom stereocenters. The number of hydrogen-bond donors (Lipinski definition) is 1. The second kappa shape index (κ2) is 6.14. The molecule has 2 nitrogen and oxygen atoms in total. The molecule has 0 fully saturated rings. The van der Waals surface area contributed by atoms with E-state index in [4.69, 9.17) is 33.7 Å². The van der Waals surface area contributed by atoms with Crippen LogP contribution in [-0.4, -0.2) is 7.11 Å². The van der Waals surface area contributed by atoms with Crippen LogP contribution in [0.25, 0.3) is 0 Å². The van der Waals surface area contributed by atoms with Crippen molar-refractivity contribution in [2.24, 2.45) is 5.73 Å². The van der Waals surface area contributed by atoms with Gasteiger partial charge in [-0.2, -0.15) is 0 Å². The molecule has 0 aliphatic rings. The summed E-state index contributed by atoms with van der Waals surface area (Å²) in [6, 6.07) is 10.8. The van der Waals surface area contributed by atoms with Gasteiger partial charge in [0.15, 0.2) is 0 Å². The van der Waals surface area contributed by atoms with E-state index in [-0.39, 0.29) is 6.04 Å². The lowest BCUT2D eigenvalue weighted by molar-refractivity contribution is 0.414. The van der Waals surface area contributed by atoms with Crippen LogP contribution in [0.15, 0.2) is 40.9 Å². The number of rotatable bonds is 3. The molecule has 0 saturated heterocycles. The van der Waals surface area contributed by atoms with Gasteiger partial charge in [0.1, 0.15) is 5.75 Å². The minimum absolute atomic E-state index is 0.291. The molecule has 1 atom stereocenters. The largest absolute Gasteiger partial charge is 0.495 e. The van der Waals surface area contributed by atoms with Crippen LogP contribution in [0.3, 0.4) is 0 Å². The fourth-order valence-electron chi connectivity index (χ4n) is 1.82. The van der Waals surface area contributed by atoms with E-state index >= 15 is 0 Å². The Morgan fingerprint density at radius 2 is 1.84 bits per heavy atom. The van der Waals surface area contributed by atoms with Crippen LogP contribution in [0.5, 0.6) is 5.75 Å².